The Morgan fingerprint density at radius 1 is 1.50 bits per heavy atom. The van der Waals surface area contributed by atoms with Gasteiger partial charge in [-0.3, -0.25) is 0 Å². The van der Waals surface area contributed by atoms with Crippen molar-refractivity contribution in [3.8, 4) is 11.3 Å². The molecule has 1 N–H and O–H groups in total. The van der Waals surface area contributed by atoms with Crippen LogP contribution in [-0.4, -0.2) is 5.16 Å². The number of fused-ring (bicyclic) bond motifs is 1. The molecule has 0 unspecified atom stereocenters. The van der Waals surface area contributed by atoms with Crippen molar-refractivity contribution in [1.82, 2.24) is 5.16 Å². The molecule has 0 spiro atoms. The first-order valence-electron chi connectivity index (χ1n) is 2.40. The minimum absolute atomic E-state index is 0.866. The fourth-order valence-corrected chi connectivity index (χ4v) is 0.731. The molecule has 1 heterocycles. The Labute approximate surface area is 46.4 Å². The van der Waals surface area contributed by atoms with E-state index in [-0.39, 0.29) is 0 Å². The molecule has 2 heteroatoms. The number of nitrogens with one attached hydrogen (secondary N) is 1. The first-order valence-corrected chi connectivity index (χ1v) is 2.40. The maximum absolute atomic E-state index is 4.88. The molecule has 39 valence electrons. The molecule has 0 atom stereocenters. The summed E-state index contributed by atoms with van der Waals surface area (Å²) < 4.78 is 4.88. The summed E-state index contributed by atoms with van der Waals surface area (Å²) in [5.74, 6) is 0.866. The second-order valence-electron chi connectivity index (χ2n) is 1.63. The molecule has 0 fully saturated rings. The molecule has 0 saturated carbocycles. The second kappa shape index (κ2) is 1.15. The summed E-state index contributed by atoms with van der Waals surface area (Å²) in [7, 11) is 0. The normalized spacial score (nSPS) is 10.5. The summed E-state index contributed by atoms with van der Waals surface area (Å²) in [4.78, 5) is 0. The summed E-state index contributed by atoms with van der Waals surface area (Å²) >= 11 is 0. The van der Waals surface area contributed by atoms with E-state index >= 15 is 0 Å². The van der Waals surface area contributed by atoms with Crippen LogP contribution in [0.5, 0.6) is 0 Å². The predicted octanol–water partition coefficient (Wildman–Crippen LogP) is 1.51. The molecule has 2 aliphatic rings. The van der Waals surface area contributed by atoms with Crippen LogP contribution in [0.2, 0.25) is 0 Å². The molecule has 0 saturated heterocycles. The van der Waals surface area contributed by atoms with E-state index in [1.165, 1.54) is 0 Å². The van der Waals surface area contributed by atoms with E-state index in [2.05, 4.69) is 11.4 Å². The van der Waals surface area contributed by atoms with Gasteiger partial charge < -0.3 is 4.52 Å². The van der Waals surface area contributed by atoms with Crippen LogP contribution < -0.4 is 0 Å². The lowest BCUT2D eigenvalue weighted by molar-refractivity contribution is 0.433. The van der Waals surface area contributed by atoms with Gasteiger partial charge in [0.15, 0.2) is 5.76 Å². The van der Waals surface area contributed by atoms with Crippen LogP contribution in [0.25, 0.3) is 11.3 Å². The van der Waals surface area contributed by atoms with E-state index in [1.54, 1.807) is 0 Å². The Kier molecular flexibility index (Phi) is 0.545. The number of rotatable bonds is 0. The molecule has 2 rings (SSSR count). The molecule has 0 bridgehead atoms. The molecule has 2 nitrogen and oxygen atoms in total. The van der Waals surface area contributed by atoms with E-state index in [9.17, 15) is 0 Å². The Morgan fingerprint density at radius 3 is 3.38 bits per heavy atom. The Morgan fingerprint density at radius 2 is 2.50 bits per heavy atom. The molecule has 1 aliphatic heterocycles. The van der Waals surface area contributed by atoms with Crippen molar-refractivity contribution in [3.63, 3.8) is 0 Å². The Balaban J connectivity index is 2.84. The van der Waals surface area contributed by atoms with Gasteiger partial charge in [-0.1, -0.05) is 6.07 Å². The van der Waals surface area contributed by atoms with E-state index in [0.29, 0.717) is 0 Å². The van der Waals surface area contributed by atoms with Crippen molar-refractivity contribution in [1.29, 1.82) is 0 Å². The lowest BCUT2D eigenvalue weighted by atomic mass is 10.3. The first-order chi connectivity index (χ1) is 3.97. The molecule has 0 aromatic heterocycles. The average molecular weight is 106 g/mol. The summed E-state index contributed by atoms with van der Waals surface area (Å²) in [6.07, 6.45) is 2.81. The van der Waals surface area contributed by atoms with Crippen molar-refractivity contribution >= 4 is 0 Å². The van der Waals surface area contributed by atoms with E-state index in [0.717, 1.165) is 11.3 Å². The van der Waals surface area contributed by atoms with Crippen LogP contribution >= 0.6 is 0 Å². The summed E-state index contributed by atoms with van der Waals surface area (Å²) in [6, 6.07) is 5.76. The van der Waals surface area contributed by atoms with Gasteiger partial charge in [-0.2, -0.15) is 0 Å². The SMILES string of the molecule is [c]1[nH]oc2cccc1-2. The third-order valence-corrected chi connectivity index (χ3v) is 1.12. The minimum Gasteiger partial charge on any atom is -0.381 e. The maximum Gasteiger partial charge on any atom is 0.164 e. The van der Waals surface area contributed by atoms with Crippen LogP contribution in [-0.2, 0) is 0 Å². The van der Waals surface area contributed by atoms with E-state index < -0.39 is 0 Å². The third kappa shape index (κ3) is 0.320. The molecule has 8 heavy (non-hydrogen) atoms. The number of H-pyrrole nitrogens is 1. The van der Waals surface area contributed by atoms with Gasteiger partial charge in [-0.05, 0) is 12.1 Å². The highest BCUT2D eigenvalue weighted by molar-refractivity contribution is 5.57. The minimum atomic E-state index is 0.866. The fourth-order valence-electron chi connectivity index (χ4n) is 0.731. The number of aromatic amines is 1. The van der Waals surface area contributed by atoms with E-state index in [1.807, 2.05) is 18.2 Å². The summed E-state index contributed by atoms with van der Waals surface area (Å²) in [6.45, 7) is 0. The fraction of sp³-hybridized carbons (Fsp3) is 0. The zero-order chi connectivity index (χ0) is 5.40. The number of aromatic nitrogens is 1. The first kappa shape index (κ1) is 3.78. The smallest absolute Gasteiger partial charge is 0.164 e. The molecular formula is C6H4NO. The lowest BCUT2D eigenvalue weighted by Gasteiger charge is -1.73. The van der Waals surface area contributed by atoms with Crippen LogP contribution in [0.4, 0.5) is 0 Å². The van der Waals surface area contributed by atoms with Crippen molar-refractivity contribution in [3.05, 3.63) is 24.4 Å². The molecule has 1 aliphatic carbocycles. The van der Waals surface area contributed by atoms with Crippen LogP contribution in [0.1, 0.15) is 0 Å². The largest absolute Gasteiger partial charge is 0.381 e. The van der Waals surface area contributed by atoms with Gasteiger partial charge in [0.2, 0.25) is 0 Å². The predicted molar refractivity (Wildman–Crippen MR) is 28.5 cm³/mol. The van der Waals surface area contributed by atoms with Gasteiger partial charge in [0, 0.05) is 5.56 Å². The standard InChI is InChI=1S/C6H4NO/c1-2-5-4-7-8-6(5)3-1/h1-3,7H. The maximum atomic E-state index is 4.88. The van der Waals surface area contributed by atoms with Gasteiger partial charge in [-0.25, -0.2) is 5.16 Å². The quantitative estimate of drug-likeness (QED) is 0.541. The highest BCUT2D eigenvalue weighted by Gasteiger charge is 2.02. The topological polar surface area (TPSA) is 28.9 Å². The van der Waals surface area contributed by atoms with Crippen molar-refractivity contribution in [2.24, 2.45) is 0 Å². The Hall–Kier alpha value is -1.18. The average Bonchev–Trinajstić information content (AvgIpc) is 2.15. The number of hydrogen-bond donors (Lipinski definition) is 1. The molecule has 0 aromatic rings. The van der Waals surface area contributed by atoms with Gasteiger partial charge in [-0.15, -0.1) is 0 Å². The van der Waals surface area contributed by atoms with Gasteiger partial charge in [0.25, 0.3) is 0 Å². The van der Waals surface area contributed by atoms with Gasteiger partial charge >= 0.3 is 0 Å². The van der Waals surface area contributed by atoms with Crippen molar-refractivity contribution in [2.75, 3.05) is 0 Å². The van der Waals surface area contributed by atoms with Crippen LogP contribution in [0, 0.1) is 6.20 Å². The van der Waals surface area contributed by atoms with Gasteiger partial charge in [0.05, 0.1) is 0 Å². The van der Waals surface area contributed by atoms with Crippen molar-refractivity contribution < 1.29 is 4.52 Å². The van der Waals surface area contributed by atoms with Gasteiger partial charge in [0.1, 0.15) is 6.20 Å². The van der Waals surface area contributed by atoms with Crippen molar-refractivity contribution in [2.45, 2.75) is 0 Å². The molecule has 1 radical (unpaired) electrons. The highest BCUT2D eigenvalue weighted by atomic mass is 16.5. The third-order valence-electron chi connectivity index (χ3n) is 1.12. The lowest BCUT2D eigenvalue weighted by Crippen LogP contribution is -1.53. The Bertz CT molecular complexity index is 200. The zero-order valence-corrected chi connectivity index (χ0v) is 4.14. The van der Waals surface area contributed by atoms with E-state index in [4.69, 9.17) is 4.52 Å². The highest BCUT2D eigenvalue weighted by Crippen LogP contribution is 2.19. The number of hydrogen-bond acceptors (Lipinski definition) is 1. The molecular weight excluding hydrogens is 102 g/mol. The van der Waals surface area contributed by atoms with Crippen LogP contribution in [0.3, 0.4) is 0 Å². The molecule has 0 aromatic carbocycles. The zero-order valence-electron chi connectivity index (χ0n) is 4.14. The summed E-state index contributed by atoms with van der Waals surface area (Å²) in [5.41, 5.74) is 1.00. The van der Waals surface area contributed by atoms with Crippen LogP contribution in [0.15, 0.2) is 22.7 Å². The summed E-state index contributed by atoms with van der Waals surface area (Å²) in [5, 5.41) is 2.52. The molecule has 0 amide bonds. The monoisotopic (exact) mass is 106 g/mol. The second-order valence-corrected chi connectivity index (χ2v) is 1.63.